The zero-order valence-corrected chi connectivity index (χ0v) is 21.3. The van der Waals surface area contributed by atoms with Crippen LogP contribution in [0.25, 0.3) is 0 Å². The molecule has 0 aromatic heterocycles. The van der Waals surface area contributed by atoms with Gasteiger partial charge in [0.25, 0.3) is 0 Å². The number of guanidine groups is 1. The van der Waals surface area contributed by atoms with Gasteiger partial charge in [-0.3, -0.25) is 9.89 Å². The number of piperidine rings is 1. The highest BCUT2D eigenvalue weighted by Crippen LogP contribution is 2.21. The number of alkyl halides is 3. The Morgan fingerprint density at radius 3 is 2.32 bits per heavy atom. The summed E-state index contributed by atoms with van der Waals surface area (Å²) in [6.45, 7) is 10.0. The maximum Gasteiger partial charge on any atom is 0.410 e. The summed E-state index contributed by atoms with van der Waals surface area (Å²) in [5, 5.41) is 6.45. The number of ether oxygens (including phenoxy) is 1. The highest BCUT2D eigenvalue weighted by atomic mass is 127. The minimum Gasteiger partial charge on any atom is -0.444 e. The molecule has 0 radical (unpaired) electrons. The van der Waals surface area contributed by atoms with E-state index in [-0.39, 0.29) is 36.1 Å². The van der Waals surface area contributed by atoms with Crippen molar-refractivity contribution in [2.75, 3.05) is 45.8 Å². The largest absolute Gasteiger partial charge is 0.444 e. The standard InChI is InChI=1S/C20H36F3N5O2.HI/c1-5-24-17(26-16-8-9-27(13-16)14-20(21,22)23)25-12-15-6-10-28(11-7-15)18(29)30-19(2,3)4;/h15-16H,5-14H2,1-4H3,(H2,24,25,26);1H. The molecule has 182 valence electrons. The lowest BCUT2D eigenvalue weighted by Gasteiger charge is -2.33. The van der Waals surface area contributed by atoms with Gasteiger partial charge in [0, 0.05) is 45.3 Å². The molecule has 0 spiro atoms. The molecule has 2 N–H and O–H groups in total. The number of likely N-dealkylation sites (tertiary alicyclic amines) is 2. The van der Waals surface area contributed by atoms with E-state index in [1.165, 1.54) is 4.90 Å². The maximum atomic E-state index is 12.6. The minimum absolute atomic E-state index is 0. The van der Waals surface area contributed by atoms with E-state index in [0.29, 0.717) is 57.6 Å². The van der Waals surface area contributed by atoms with Crippen LogP contribution in [0.3, 0.4) is 0 Å². The molecule has 0 aromatic rings. The number of nitrogens with zero attached hydrogens (tertiary/aromatic N) is 3. The topological polar surface area (TPSA) is 69.2 Å². The number of halogens is 4. The molecule has 11 heteroatoms. The third kappa shape index (κ3) is 10.9. The van der Waals surface area contributed by atoms with Gasteiger partial charge < -0.3 is 20.3 Å². The zero-order chi connectivity index (χ0) is 22.4. The predicted octanol–water partition coefficient (Wildman–Crippen LogP) is 3.44. The number of aliphatic imine (C=N–C) groups is 1. The van der Waals surface area contributed by atoms with Gasteiger partial charge in [0.1, 0.15) is 5.60 Å². The molecule has 31 heavy (non-hydrogen) atoms. The average Bonchev–Trinajstić information content (AvgIpc) is 3.03. The van der Waals surface area contributed by atoms with Gasteiger partial charge in [0.05, 0.1) is 6.54 Å². The van der Waals surface area contributed by atoms with Crippen LogP contribution >= 0.6 is 24.0 Å². The summed E-state index contributed by atoms with van der Waals surface area (Å²) in [7, 11) is 0. The van der Waals surface area contributed by atoms with Crippen LogP contribution in [0.4, 0.5) is 18.0 Å². The monoisotopic (exact) mass is 563 g/mol. The third-order valence-electron chi connectivity index (χ3n) is 5.13. The van der Waals surface area contributed by atoms with Crippen molar-refractivity contribution in [1.82, 2.24) is 20.4 Å². The molecule has 2 aliphatic rings. The quantitative estimate of drug-likeness (QED) is 0.305. The summed E-state index contributed by atoms with van der Waals surface area (Å²) in [5.41, 5.74) is -0.499. The molecule has 2 heterocycles. The van der Waals surface area contributed by atoms with E-state index in [0.717, 1.165) is 12.8 Å². The van der Waals surface area contributed by atoms with Gasteiger partial charge in [-0.15, -0.1) is 24.0 Å². The highest BCUT2D eigenvalue weighted by Gasteiger charge is 2.34. The average molecular weight is 563 g/mol. The van der Waals surface area contributed by atoms with E-state index in [9.17, 15) is 18.0 Å². The van der Waals surface area contributed by atoms with Crippen LogP contribution in [-0.4, -0.2) is 85.5 Å². The summed E-state index contributed by atoms with van der Waals surface area (Å²) in [6, 6.07) is -0.0424. The van der Waals surface area contributed by atoms with Crippen LogP contribution in [0.2, 0.25) is 0 Å². The summed E-state index contributed by atoms with van der Waals surface area (Å²) < 4.78 is 43.1. The van der Waals surface area contributed by atoms with Gasteiger partial charge in [-0.1, -0.05) is 0 Å². The maximum absolute atomic E-state index is 12.6. The van der Waals surface area contributed by atoms with Crippen LogP contribution in [0, 0.1) is 5.92 Å². The first kappa shape index (κ1) is 28.1. The van der Waals surface area contributed by atoms with Gasteiger partial charge in [0.2, 0.25) is 0 Å². The number of hydrogen-bond donors (Lipinski definition) is 2. The first-order chi connectivity index (χ1) is 13.9. The Morgan fingerprint density at radius 2 is 1.77 bits per heavy atom. The Kier molecular flexibility index (Phi) is 11.1. The van der Waals surface area contributed by atoms with Gasteiger partial charge >= 0.3 is 12.3 Å². The molecule has 2 rings (SSSR count). The third-order valence-corrected chi connectivity index (χ3v) is 5.13. The first-order valence-corrected chi connectivity index (χ1v) is 10.8. The summed E-state index contributed by atoms with van der Waals surface area (Å²) in [4.78, 5) is 20.0. The molecule has 1 unspecified atom stereocenters. The fourth-order valence-electron chi connectivity index (χ4n) is 3.71. The molecular weight excluding hydrogens is 526 g/mol. The molecule has 0 bridgehead atoms. The molecule has 0 saturated carbocycles. The Balaban J connectivity index is 0.00000480. The Bertz CT molecular complexity index is 590. The van der Waals surface area contributed by atoms with E-state index >= 15 is 0 Å². The molecule has 0 aliphatic carbocycles. The fourth-order valence-corrected chi connectivity index (χ4v) is 3.71. The molecule has 1 atom stereocenters. The van der Waals surface area contributed by atoms with Crippen molar-refractivity contribution in [2.24, 2.45) is 10.9 Å². The second-order valence-electron chi connectivity index (χ2n) is 9.11. The second-order valence-corrected chi connectivity index (χ2v) is 9.11. The lowest BCUT2D eigenvalue weighted by atomic mass is 9.97. The van der Waals surface area contributed by atoms with E-state index in [1.807, 2.05) is 27.7 Å². The van der Waals surface area contributed by atoms with E-state index in [2.05, 4.69) is 15.6 Å². The van der Waals surface area contributed by atoms with Gasteiger partial charge in [0.15, 0.2) is 5.96 Å². The van der Waals surface area contributed by atoms with Gasteiger partial charge in [-0.25, -0.2) is 4.79 Å². The summed E-state index contributed by atoms with van der Waals surface area (Å²) >= 11 is 0. The Morgan fingerprint density at radius 1 is 1.13 bits per heavy atom. The number of hydrogen-bond acceptors (Lipinski definition) is 4. The molecule has 1 amide bonds. The lowest BCUT2D eigenvalue weighted by molar-refractivity contribution is -0.143. The van der Waals surface area contributed by atoms with E-state index in [4.69, 9.17) is 4.74 Å². The SMILES string of the molecule is CCNC(=NCC1CCN(C(=O)OC(C)(C)C)CC1)NC1CCN(CC(F)(F)F)C1.I. The van der Waals surface area contributed by atoms with Crippen molar-refractivity contribution >= 4 is 36.0 Å². The molecule has 0 aromatic carbocycles. The zero-order valence-electron chi connectivity index (χ0n) is 18.9. The Labute approximate surface area is 200 Å². The van der Waals surface area contributed by atoms with Crippen LogP contribution in [0.15, 0.2) is 4.99 Å². The van der Waals surface area contributed by atoms with Crippen LogP contribution in [0.1, 0.15) is 47.0 Å². The van der Waals surface area contributed by atoms with Crippen molar-refractivity contribution in [3.05, 3.63) is 0 Å². The number of carbonyl (C=O) groups is 1. The predicted molar refractivity (Wildman–Crippen MR) is 126 cm³/mol. The lowest BCUT2D eigenvalue weighted by Crippen LogP contribution is -2.45. The van der Waals surface area contributed by atoms with E-state index < -0.39 is 18.3 Å². The molecule has 2 fully saturated rings. The fraction of sp³-hybridized carbons (Fsp3) is 0.900. The summed E-state index contributed by atoms with van der Waals surface area (Å²) in [6.07, 6.45) is -2.07. The molecule has 2 saturated heterocycles. The van der Waals surface area contributed by atoms with Crippen molar-refractivity contribution in [2.45, 2.75) is 64.8 Å². The van der Waals surface area contributed by atoms with Crippen molar-refractivity contribution in [1.29, 1.82) is 0 Å². The van der Waals surface area contributed by atoms with E-state index in [1.54, 1.807) is 4.90 Å². The minimum atomic E-state index is -4.17. The smallest absolute Gasteiger partial charge is 0.410 e. The van der Waals surface area contributed by atoms with Gasteiger partial charge in [-0.05, 0) is 52.9 Å². The van der Waals surface area contributed by atoms with Gasteiger partial charge in [-0.2, -0.15) is 13.2 Å². The van der Waals surface area contributed by atoms with Crippen LogP contribution in [0.5, 0.6) is 0 Å². The molecular formula is C20H37F3IN5O2. The van der Waals surface area contributed by atoms with Crippen molar-refractivity contribution in [3.63, 3.8) is 0 Å². The Hall–Kier alpha value is -0.980. The number of carbonyl (C=O) groups excluding carboxylic acids is 1. The van der Waals surface area contributed by atoms with Crippen molar-refractivity contribution in [3.8, 4) is 0 Å². The second kappa shape index (κ2) is 12.3. The molecule has 7 nitrogen and oxygen atoms in total. The van der Waals surface area contributed by atoms with Crippen molar-refractivity contribution < 1.29 is 22.7 Å². The van der Waals surface area contributed by atoms with Crippen LogP contribution < -0.4 is 10.6 Å². The molecule has 2 aliphatic heterocycles. The highest BCUT2D eigenvalue weighted by molar-refractivity contribution is 14.0. The first-order valence-electron chi connectivity index (χ1n) is 10.8. The number of nitrogens with one attached hydrogen (secondary N) is 2. The van der Waals surface area contributed by atoms with Crippen LogP contribution in [-0.2, 0) is 4.74 Å². The number of amides is 1. The summed E-state index contributed by atoms with van der Waals surface area (Å²) in [5.74, 6) is 1.01. The number of rotatable bonds is 5. The normalized spacial score (nSPS) is 21.6.